The van der Waals surface area contributed by atoms with Crippen molar-refractivity contribution in [3.05, 3.63) is 0 Å². The maximum atomic E-state index is 11.7. The van der Waals surface area contributed by atoms with Gasteiger partial charge in [0.15, 0.2) is 0 Å². The Kier molecular flexibility index (Phi) is 7.00. The molecule has 0 heterocycles. The van der Waals surface area contributed by atoms with E-state index in [0.29, 0.717) is 0 Å². The quantitative estimate of drug-likeness (QED) is 0.426. The average molecular weight is 287 g/mol. The summed E-state index contributed by atoms with van der Waals surface area (Å²) in [6.45, 7) is 0.646. The van der Waals surface area contributed by atoms with Crippen LogP contribution in [-0.4, -0.2) is 47.8 Å². The molecular weight excluding hydrogens is 266 g/mol. The summed E-state index contributed by atoms with van der Waals surface area (Å²) in [5.74, 6) is -1.95. The molecule has 0 aromatic rings. The van der Waals surface area contributed by atoms with Crippen molar-refractivity contribution >= 4 is 17.8 Å². The third-order valence-electron chi connectivity index (χ3n) is 3.14. The zero-order valence-corrected chi connectivity index (χ0v) is 11.7. The van der Waals surface area contributed by atoms with Gasteiger partial charge in [0.25, 0.3) is 0 Å². The first kappa shape index (κ1) is 16.4. The zero-order chi connectivity index (χ0) is 15.0. The number of hydroxylamine groups is 2. The number of carbonyl (C=O) groups excluding carboxylic acids is 2. The van der Waals surface area contributed by atoms with E-state index in [9.17, 15) is 14.4 Å². The molecule has 114 valence electrons. The lowest BCUT2D eigenvalue weighted by Crippen LogP contribution is -2.35. The highest BCUT2D eigenvalue weighted by Gasteiger charge is 2.22. The number of nitrogens with zero attached hydrogens (tertiary/aromatic N) is 1. The largest absolute Gasteiger partial charge is 0.480 e. The molecule has 0 spiro atoms. The van der Waals surface area contributed by atoms with Crippen LogP contribution in [-0.2, 0) is 24.0 Å². The van der Waals surface area contributed by atoms with Gasteiger partial charge in [-0.25, -0.2) is 5.06 Å². The van der Waals surface area contributed by atoms with Crippen LogP contribution >= 0.6 is 0 Å². The Hall–Kier alpha value is -1.63. The van der Waals surface area contributed by atoms with Crippen LogP contribution < -0.4 is 0 Å². The third-order valence-corrected chi connectivity index (χ3v) is 3.14. The SMILES string of the molecule is CC(=O)N(CC(=O)O)OCCOC(=O)C1CCCCC1. The molecule has 1 amide bonds. The summed E-state index contributed by atoms with van der Waals surface area (Å²) in [7, 11) is 0. The molecule has 0 radical (unpaired) electrons. The van der Waals surface area contributed by atoms with Crippen LogP contribution in [0.2, 0.25) is 0 Å². The van der Waals surface area contributed by atoms with Gasteiger partial charge < -0.3 is 9.84 Å². The Morgan fingerprint density at radius 1 is 1.15 bits per heavy atom. The molecular formula is C13H21NO6. The fourth-order valence-corrected chi connectivity index (χ4v) is 2.12. The van der Waals surface area contributed by atoms with Gasteiger partial charge in [-0.05, 0) is 12.8 Å². The molecule has 0 atom stereocenters. The van der Waals surface area contributed by atoms with Gasteiger partial charge in [0.2, 0.25) is 5.91 Å². The third kappa shape index (κ3) is 6.01. The van der Waals surface area contributed by atoms with Crippen LogP contribution in [0.3, 0.4) is 0 Å². The van der Waals surface area contributed by atoms with Gasteiger partial charge in [-0.2, -0.15) is 0 Å². The summed E-state index contributed by atoms with van der Waals surface area (Å²) in [6.07, 6.45) is 4.98. The highest BCUT2D eigenvalue weighted by molar-refractivity contribution is 5.78. The van der Waals surface area contributed by atoms with Gasteiger partial charge in [-0.15, -0.1) is 0 Å². The number of hydrogen-bond donors (Lipinski definition) is 1. The summed E-state index contributed by atoms with van der Waals surface area (Å²) >= 11 is 0. The first-order valence-electron chi connectivity index (χ1n) is 6.80. The summed E-state index contributed by atoms with van der Waals surface area (Å²) in [6, 6.07) is 0. The minimum absolute atomic E-state index is 0.0126. The van der Waals surface area contributed by atoms with Crippen molar-refractivity contribution in [1.29, 1.82) is 0 Å². The number of carboxylic acids is 1. The predicted octanol–water partition coefficient (Wildman–Crippen LogP) is 0.975. The minimum atomic E-state index is -1.17. The van der Waals surface area contributed by atoms with Crippen molar-refractivity contribution in [2.45, 2.75) is 39.0 Å². The second kappa shape index (κ2) is 8.52. The van der Waals surface area contributed by atoms with Crippen molar-refractivity contribution in [1.82, 2.24) is 5.06 Å². The van der Waals surface area contributed by atoms with E-state index in [0.717, 1.165) is 37.2 Å². The fraction of sp³-hybridized carbons (Fsp3) is 0.769. The molecule has 0 aromatic heterocycles. The molecule has 1 aliphatic rings. The number of carbonyl (C=O) groups is 3. The van der Waals surface area contributed by atoms with Crippen LogP contribution in [0.4, 0.5) is 0 Å². The first-order valence-corrected chi connectivity index (χ1v) is 6.80. The number of aliphatic carboxylic acids is 1. The maximum Gasteiger partial charge on any atom is 0.325 e. The summed E-state index contributed by atoms with van der Waals surface area (Å²) in [4.78, 5) is 38.3. The molecule has 0 saturated heterocycles. The van der Waals surface area contributed by atoms with Crippen molar-refractivity contribution < 1.29 is 29.1 Å². The number of ether oxygens (including phenoxy) is 1. The monoisotopic (exact) mass is 287 g/mol. The lowest BCUT2D eigenvalue weighted by molar-refractivity contribution is -0.195. The van der Waals surface area contributed by atoms with Crippen molar-refractivity contribution in [3.8, 4) is 0 Å². The number of amides is 1. The molecule has 1 saturated carbocycles. The molecule has 0 aliphatic heterocycles. The Labute approximate surface area is 117 Å². The van der Waals surface area contributed by atoms with Gasteiger partial charge in [0.05, 0.1) is 5.92 Å². The highest BCUT2D eigenvalue weighted by Crippen LogP contribution is 2.24. The van der Waals surface area contributed by atoms with Gasteiger partial charge in [0.1, 0.15) is 19.8 Å². The van der Waals surface area contributed by atoms with Crippen LogP contribution in [0.5, 0.6) is 0 Å². The topological polar surface area (TPSA) is 93.1 Å². The predicted molar refractivity (Wildman–Crippen MR) is 68.5 cm³/mol. The van der Waals surface area contributed by atoms with E-state index in [1.54, 1.807) is 0 Å². The molecule has 1 rings (SSSR count). The van der Waals surface area contributed by atoms with E-state index in [4.69, 9.17) is 14.7 Å². The Bertz CT molecular complexity index is 351. The first-order chi connectivity index (χ1) is 9.50. The summed E-state index contributed by atoms with van der Waals surface area (Å²) < 4.78 is 5.07. The Morgan fingerprint density at radius 3 is 2.35 bits per heavy atom. The molecule has 7 heteroatoms. The van der Waals surface area contributed by atoms with Gasteiger partial charge >= 0.3 is 11.9 Å². The summed E-state index contributed by atoms with van der Waals surface area (Å²) in [5.41, 5.74) is 0. The number of carboxylic acid groups (broad SMARTS) is 1. The van der Waals surface area contributed by atoms with E-state index < -0.39 is 18.4 Å². The fourth-order valence-electron chi connectivity index (χ4n) is 2.12. The van der Waals surface area contributed by atoms with E-state index in [-0.39, 0.29) is 25.1 Å². The number of rotatable bonds is 7. The lowest BCUT2D eigenvalue weighted by atomic mass is 9.89. The molecule has 20 heavy (non-hydrogen) atoms. The van der Waals surface area contributed by atoms with Crippen LogP contribution in [0.25, 0.3) is 0 Å². The summed E-state index contributed by atoms with van der Waals surface area (Å²) in [5, 5.41) is 9.32. The number of hydrogen-bond acceptors (Lipinski definition) is 5. The lowest BCUT2D eigenvalue weighted by Gasteiger charge is -2.21. The molecule has 1 fully saturated rings. The van der Waals surface area contributed by atoms with Gasteiger partial charge in [-0.3, -0.25) is 19.2 Å². The van der Waals surface area contributed by atoms with Crippen LogP contribution in [0.15, 0.2) is 0 Å². The van der Waals surface area contributed by atoms with Gasteiger partial charge in [-0.1, -0.05) is 19.3 Å². The molecule has 0 aromatic carbocycles. The molecule has 0 unspecified atom stereocenters. The van der Waals surface area contributed by atoms with Crippen LogP contribution in [0, 0.1) is 5.92 Å². The standard InChI is InChI=1S/C13H21NO6/c1-10(15)14(9-12(16)17)20-8-7-19-13(18)11-5-3-2-4-6-11/h11H,2-9H2,1H3,(H,16,17). The van der Waals surface area contributed by atoms with Crippen molar-refractivity contribution in [2.75, 3.05) is 19.8 Å². The maximum absolute atomic E-state index is 11.7. The average Bonchev–Trinajstić information content (AvgIpc) is 2.42. The van der Waals surface area contributed by atoms with Crippen molar-refractivity contribution in [2.24, 2.45) is 5.92 Å². The molecule has 1 N–H and O–H groups in total. The van der Waals surface area contributed by atoms with E-state index in [1.807, 2.05) is 0 Å². The molecule has 1 aliphatic carbocycles. The normalized spacial score (nSPS) is 15.7. The minimum Gasteiger partial charge on any atom is -0.480 e. The second-order valence-corrected chi connectivity index (χ2v) is 4.79. The van der Waals surface area contributed by atoms with Gasteiger partial charge in [0, 0.05) is 6.92 Å². The van der Waals surface area contributed by atoms with E-state index in [2.05, 4.69) is 0 Å². The van der Waals surface area contributed by atoms with Crippen LogP contribution in [0.1, 0.15) is 39.0 Å². The highest BCUT2D eigenvalue weighted by atomic mass is 16.7. The van der Waals surface area contributed by atoms with E-state index >= 15 is 0 Å². The Balaban J connectivity index is 2.20. The van der Waals surface area contributed by atoms with E-state index in [1.165, 1.54) is 6.92 Å². The zero-order valence-electron chi connectivity index (χ0n) is 11.7. The van der Waals surface area contributed by atoms with Crippen molar-refractivity contribution in [3.63, 3.8) is 0 Å². The Morgan fingerprint density at radius 2 is 1.80 bits per heavy atom. The molecule has 0 bridgehead atoms. The smallest absolute Gasteiger partial charge is 0.325 e. The molecule has 7 nitrogen and oxygen atoms in total. The second-order valence-electron chi connectivity index (χ2n) is 4.79. The number of esters is 1.